The van der Waals surface area contributed by atoms with Gasteiger partial charge in [0.2, 0.25) is 5.96 Å². The van der Waals surface area contributed by atoms with E-state index in [2.05, 4.69) is 52.7 Å². The van der Waals surface area contributed by atoms with E-state index in [1.165, 1.54) is 11.1 Å². The number of anilines is 3. The minimum absolute atomic E-state index is 0.0216. The van der Waals surface area contributed by atoms with Gasteiger partial charge in [-0.2, -0.15) is 10.5 Å². The summed E-state index contributed by atoms with van der Waals surface area (Å²) in [5.41, 5.74) is 18.6. The van der Waals surface area contributed by atoms with E-state index in [9.17, 15) is 5.26 Å². The van der Waals surface area contributed by atoms with Gasteiger partial charge in [-0.05, 0) is 41.7 Å². The van der Waals surface area contributed by atoms with Crippen LogP contribution < -0.4 is 22.1 Å². The first kappa shape index (κ1) is 19.7. The maximum absolute atomic E-state index is 9.44. The lowest BCUT2D eigenvalue weighted by Crippen LogP contribution is -2.32. The number of hydrogen-bond acceptors (Lipinski definition) is 8. The van der Waals surface area contributed by atoms with Crippen molar-refractivity contribution < 1.29 is 0 Å². The Labute approximate surface area is 179 Å². The van der Waals surface area contributed by atoms with Crippen molar-refractivity contribution in [2.45, 2.75) is 19.9 Å². The fraction of sp³-hybridized carbons (Fsp3) is 0.130. The molecule has 1 aliphatic heterocycles. The zero-order chi connectivity index (χ0) is 22.1. The maximum Gasteiger partial charge on any atom is 0.211 e. The molecule has 6 N–H and O–H groups in total. The molecular formula is C23H20N8. The van der Waals surface area contributed by atoms with Gasteiger partial charge in [-0.1, -0.05) is 42.5 Å². The zero-order valence-corrected chi connectivity index (χ0v) is 17.1. The van der Waals surface area contributed by atoms with Gasteiger partial charge in [0.1, 0.15) is 29.3 Å². The van der Waals surface area contributed by atoms with Crippen molar-refractivity contribution in [3.63, 3.8) is 0 Å². The highest BCUT2D eigenvalue weighted by atomic mass is 15.2. The van der Waals surface area contributed by atoms with E-state index in [-0.39, 0.29) is 23.0 Å². The molecule has 0 aliphatic carbocycles. The first-order valence-corrected chi connectivity index (χ1v) is 9.59. The highest BCUT2D eigenvalue weighted by Gasteiger charge is 2.29. The average Bonchev–Trinajstić information content (AvgIpc) is 2.75. The summed E-state index contributed by atoms with van der Waals surface area (Å²) in [6, 6.07) is 15.7. The van der Waals surface area contributed by atoms with Crippen LogP contribution in [0.5, 0.6) is 0 Å². The molecule has 3 aromatic rings. The molecule has 0 saturated carbocycles. The van der Waals surface area contributed by atoms with Crippen molar-refractivity contribution in [2.24, 2.45) is 4.99 Å². The number of rotatable bonds is 2. The Hall–Kier alpha value is -4.56. The number of fused-ring (bicyclic) bond motifs is 1. The Morgan fingerprint density at radius 2 is 1.71 bits per heavy atom. The quantitative estimate of drug-likeness (QED) is 0.375. The number of aryl methyl sites for hydroxylation is 2. The zero-order valence-electron chi connectivity index (χ0n) is 17.1. The van der Waals surface area contributed by atoms with Gasteiger partial charge in [-0.15, -0.1) is 0 Å². The van der Waals surface area contributed by atoms with Crippen molar-refractivity contribution >= 4 is 23.3 Å². The molecule has 8 nitrogen and oxygen atoms in total. The molecule has 152 valence electrons. The van der Waals surface area contributed by atoms with E-state index in [1.807, 2.05) is 36.5 Å². The first-order valence-electron chi connectivity index (χ1n) is 9.59. The summed E-state index contributed by atoms with van der Waals surface area (Å²) in [7, 11) is 0. The van der Waals surface area contributed by atoms with Crippen molar-refractivity contribution in [2.75, 3.05) is 16.8 Å². The number of pyridine rings is 1. The molecular weight excluding hydrogens is 388 g/mol. The topological polar surface area (TPSA) is 149 Å². The van der Waals surface area contributed by atoms with E-state index in [4.69, 9.17) is 16.7 Å². The number of aromatic nitrogens is 1. The fourth-order valence-electron chi connectivity index (χ4n) is 3.60. The third kappa shape index (κ3) is 3.47. The maximum atomic E-state index is 9.44. The van der Waals surface area contributed by atoms with E-state index in [0.29, 0.717) is 11.4 Å². The number of nitriles is 2. The van der Waals surface area contributed by atoms with Crippen LogP contribution in [0.25, 0.3) is 11.1 Å². The second-order valence-corrected chi connectivity index (χ2v) is 7.32. The molecule has 1 atom stereocenters. The normalized spacial score (nSPS) is 14.5. The largest absolute Gasteiger partial charge is 0.397 e. The highest BCUT2D eigenvalue weighted by Crippen LogP contribution is 2.40. The number of nitrogens with zero attached hydrogens (tertiary/aromatic N) is 4. The minimum Gasteiger partial charge on any atom is -0.397 e. The smallest absolute Gasteiger partial charge is 0.211 e. The molecule has 2 heterocycles. The Balaban J connectivity index is 1.81. The minimum atomic E-state index is -0.555. The van der Waals surface area contributed by atoms with Gasteiger partial charge in [0.25, 0.3) is 0 Å². The standard InChI is InChI=1S/C23H20N8/c1-12-3-4-16(9-13(12)2)14-5-7-15(8-6-14)20-18-19(26)17(10-24)21(27)30-22(18)31-23(29-20)28-11-25/h3-9,20H,1-2H3,(H6,26,27,28,29,30,31). The molecule has 0 radical (unpaired) electrons. The third-order valence-electron chi connectivity index (χ3n) is 5.42. The number of benzene rings is 2. The summed E-state index contributed by atoms with van der Waals surface area (Å²) in [6.07, 6.45) is 1.85. The number of nitrogen functional groups attached to an aromatic ring is 2. The Bertz CT molecular complexity index is 1290. The lowest BCUT2D eigenvalue weighted by atomic mass is 9.93. The van der Waals surface area contributed by atoms with Crippen LogP contribution in [-0.4, -0.2) is 10.9 Å². The van der Waals surface area contributed by atoms with Gasteiger partial charge in [0.15, 0.2) is 6.19 Å². The van der Waals surface area contributed by atoms with Crippen LogP contribution in [0.4, 0.5) is 17.3 Å². The lowest BCUT2D eigenvalue weighted by molar-refractivity contribution is 0.847. The predicted octanol–water partition coefficient (Wildman–Crippen LogP) is 3.34. The van der Waals surface area contributed by atoms with Crippen molar-refractivity contribution in [3.05, 3.63) is 70.3 Å². The first-order chi connectivity index (χ1) is 14.9. The number of nitrogens with two attached hydrogens (primary N) is 2. The Morgan fingerprint density at radius 1 is 1.00 bits per heavy atom. The van der Waals surface area contributed by atoms with Gasteiger partial charge in [-0.25, -0.2) is 9.98 Å². The molecule has 0 saturated heterocycles. The average molecular weight is 408 g/mol. The van der Waals surface area contributed by atoms with Crippen molar-refractivity contribution in [1.29, 1.82) is 10.5 Å². The van der Waals surface area contributed by atoms with E-state index in [0.717, 1.165) is 16.7 Å². The summed E-state index contributed by atoms with van der Waals surface area (Å²) in [6.45, 7) is 4.17. The number of nitrogens with one attached hydrogen (secondary N) is 2. The second-order valence-electron chi connectivity index (χ2n) is 7.32. The molecule has 8 heteroatoms. The van der Waals surface area contributed by atoms with E-state index < -0.39 is 6.04 Å². The van der Waals surface area contributed by atoms with Crippen LogP contribution >= 0.6 is 0 Å². The molecule has 1 aromatic heterocycles. The molecule has 1 unspecified atom stereocenters. The van der Waals surface area contributed by atoms with E-state index in [1.54, 1.807) is 0 Å². The van der Waals surface area contributed by atoms with Crippen LogP contribution in [0, 0.1) is 36.6 Å². The Morgan fingerprint density at radius 3 is 2.35 bits per heavy atom. The SMILES string of the molecule is Cc1ccc(-c2ccc(C3N=C(NC#N)Nc4nc(N)c(C#N)c(N)c43)cc2)cc1C. The molecule has 31 heavy (non-hydrogen) atoms. The van der Waals surface area contributed by atoms with Crippen LogP contribution in [0.1, 0.15) is 33.9 Å². The highest BCUT2D eigenvalue weighted by molar-refractivity contribution is 5.98. The summed E-state index contributed by atoms with van der Waals surface area (Å²) < 4.78 is 0. The van der Waals surface area contributed by atoms with Gasteiger partial charge >= 0.3 is 0 Å². The molecule has 1 aliphatic rings. The monoisotopic (exact) mass is 408 g/mol. The molecule has 0 spiro atoms. The third-order valence-corrected chi connectivity index (χ3v) is 5.42. The summed E-state index contributed by atoms with van der Waals surface area (Å²) in [4.78, 5) is 8.85. The van der Waals surface area contributed by atoms with Crippen molar-refractivity contribution in [3.8, 4) is 23.4 Å². The number of guanidine groups is 1. The fourth-order valence-corrected chi connectivity index (χ4v) is 3.60. The van der Waals surface area contributed by atoms with Gasteiger partial charge in [0, 0.05) is 5.56 Å². The van der Waals surface area contributed by atoms with Crippen LogP contribution in [0.3, 0.4) is 0 Å². The van der Waals surface area contributed by atoms with Crippen LogP contribution in [0.2, 0.25) is 0 Å². The molecule has 2 aromatic carbocycles. The van der Waals surface area contributed by atoms with Crippen LogP contribution in [-0.2, 0) is 0 Å². The predicted molar refractivity (Wildman–Crippen MR) is 121 cm³/mol. The molecule has 0 amide bonds. The van der Waals surface area contributed by atoms with Gasteiger partial charge in [-0.3, -0.25) is 5.32 Å². The van der Waals surface area contributed by atoms with Gasteiger partial charge in [0.05, 0.1) is 5.69 Å². The molecule has 0 bridgehead atoms. The van der Waals surface area contributed by atoms with Crippen LogP contribution in [0.15, 0.2) is 47.5 Å². The number of aliphatic imine (C=N–C) groups is 1. The van der Waals surface area contributed by atoms with E-state index >= 15 is 0 Å². The summed E-state index contributed by atoms with van der Waals surface area (Å²) >= 11 is 0. The molecule has 4 rings (SSSR count). The van der Waals surface area contributed by atoms with Crippen molar-refractivity contribution in [1.82, 2.24) is 10.3 Å². The number of hydrogen-bond donors (Lipinski definition) is 4. The summed E-state index contributed by atoms with van der Waals surface area (Å²) in [5, 5.41) is 23.9. The van der Waals surface area contributed by atoms with Gasteiger partial charge < -0.3 is 16.8 Å². The Kier molecular flexibility index (Phi) is 4.90. The lowest BCUT2D eigenvalue weighted by Gasteiger charge is -2.26. The summed E-state index contributed by atoms with van der Waals surface area (Å²) in [5.74, 6) is 0.618. The molecule has 0 fully saturated rings. The second kappa shape index (κ2) is 7.69.